The highest BCUT2D eigenvalue weighted by Gasteiger charge is 2.34. The molecule has 4 rings (SSSR count). The first kappa shape index (κ1) is 18.2. The van der Waals surface area contributed by atoms with Crippen LogP contribution in [0.25, 0.3) is 0 Å². The van der Waals surface area contributed by atoms with E-state index in [4.69, 9.17) is 9.15 Å². The number of carbonyl (C=O) groups is 1. The number of benzene rings is 1. The number of rotatable bonds is 6. The second-order valence-electron chi connectivity index (χ2n) is 6.07. The molecule has 7 nitrogen and oxygen atoms in total. The van der Waals surface area contributed by atoms with Crippen LogP contribution in [-0.2, 0) is 4.79 Å². The Morgan fingerprint density at radius 2 is 2.00 bits per heavy atom. The maximum Gasteiger partial charge on any atom is 0.253 e. The summed E-state index contributed by atoms with van der Waals surface area (Å²) >= 11 is 1.29. The summed E-state index contributed by atoms with van der Waals surface area (Å²) in [5.41, 5.74) is 1.78. The number of thioether (sulfide) groups is 1. The minimum absolute atomic E-state index is 0.123. The fourth-order valence-corrected chi connectivity index (χ4v) is 3.61. The molecule has 0 fully saturated rings. The van der Waals surface area contributed by atoms with Gasteiger partial charge in [0, 0.05) is 18.8 Å². The minimum atomic E-state index is -0.267. The predicted octanol–water partition coefficient (Wildman–Crippen LogP) is 3.55. The second-order valence-corrected chi connectivity index (χ2v) is 7.01. The highest BCUT2D eigenvalue weighted by atomic mass is 32.2. The van der Waals surface area contributed by atoms with Crippen LogP contribution in [0.15, 0.2) is 75.8 Å². The van der Waals surface area contributed by atoms with Crippen LogP contribution in [0.1, 0.15) is 23.8 Å². The van der Waals surface area contributed by atoms with E-state index in [0.717, 1.165) is 17.0 Å². The topological polar surface area (TPSA) is 80.8 Å². The summed E-state index contributed by atoms with van der Waals surface area (Å²) in [6, 6.07) is 12.8. The number of furan rings is 1. The van der Waals surface area contributed by atoms with Crippen LogP contribution >= 0.6 is 11.8 Å². The van der Waals surface area contributed by atoms with Crippen molar-refractivity contribution in [1.82, 2.24) is 15.0 Å². The molecule has 3 heterocycles. The van der Waals surface area contributed by atoms with Crippen LogP contribution in [0.5, 0.6) is 5.75 Å². The van der Waals surface area contributed by atoms with Crippen LogP contribution in [0.3, 0.4) is 0 Å². The van der Waals surface area contributed by atoms with E-state index in [1.807, 2.05) is 36.4 Å². The van der Waals surface area contributed by atoms with E-state index in [2.05, 4.69) is 15.1 Å². The average molecular weight is 394 g/mol. The van der Waals surface area contributed by atoms with E-state index in [-0.39, 0.29) is 17.7 Å². The molecule has 0 unspecified atom stereocenters. The van der Waals surface area contributed by atoms with E-state index < -0.39 is 0 Å². The van der Waals surface area contributed by atoms with Crippen LogP contribution in [0, 0.1) is 0 Å². The third-order valence-corrected chi connectivity index (χ3v) is 5.19. The van der Waals surface area contributed by atoms with Crippen LogP contribution in [-0.4, -0.2) is 39.5 Å². The summed E-state index contributed by atoms with van der Waals surface area (Å²) in [5.74, 6) is 1.56. The van der Waals surface area contributed by atoms with E-state index in [1.54, 1.807) is 31.8 Å². The smallest absolute Gasteiger partial charge is 0.253 e. The molecule has 0 saturated heterocycles. The average Bonchev–Trinajstić information content (AvgIpc) is 3.42. The highest BCUT2D eigenvalue weighted by Crippen LogP contribution is 2.34. The molecule has 0 N–H and O–H groups in total. The predicted molar refractivity (Wildman–Crippen MR) is 105 cm³/mol. The summed E-state index contributed by atoms with van der Waals surface area (Å²) in [6.45, 7) is 0. The number of carbonyl (C=O) groups excluding carboxylic acids is 1. The van der Waals surface area contributed by atoms with Gasteiger partial charge in [-0.15, -0.1) is 0 Å². The Morgan fingerprint density at radius 3 is 2.68 bits per heavy atom. The van der Waals surface area contributed by atoms with Crippen LogP contribution in [0.2, 0.25) is 0 Å². The molecule has 0 bridgehead atoms. The number of methoxy groups -OCH3 is 1. The maximum absolute atomic E-state index is 12.9. The fourth-order valence-electron chi connectivity index (χ4n) is 2.95. The van der Waals surface area contributed by atoms with E-state index in [1.165, 1.54) is 16.8 Å². The van der Waals surface area contributed by atoms with Gasteiger partial charge in [0.05, 0.1) is 24.8 Å². The van der Waals surface area contributed by atoms with Gasteiger partial charge in [-0.3, -0.25) is 4.79 Å². The monoisotopic (exact) mass is 394 g/mol. The molecule has 28 heavy (non-hydrogen) atoms. The molecule has 0 aliphatic carbocycles. The molecular formula is C20H18N4O3S. The SMILES string of the molecule is COc1ccc(C2=NN(C(=O)CSc3ncccn3)[C@H](c3ccco3)C2)cc1. The highest BCUT2D eigenvalue weighted by molar-refractivity contribution is 7.99. The molecular weight excluding hydrogens is 376 g/mol. The van der Waals surface area contributed by atoms with Gasteiger partial charge in [0.2, 0.25) is 0 Å². The van der Waals surface area contributed by atoms with Crippen molar-refractivity contribution in [2.75, 3.05) is 12.9 Å². The number of amides is 1. The summed E-state index contributed by atoms with van der Waals surface area (Å²) < 4.78 is 10.8. The molecule has 1 atom stereocenters. The Bertz CT molecular complexity index is 959. The fraction of sp³-hybridized carbons (Fsp3) is 0.200. The van der Waals surface area contributed by atoms with Crippen molar-refractivity contribution in [2.24, 2.45) is 5.10 Å². The van der Waals surface area contributed by atoms with Crippen molar-refractivity contribution in [3.05, 3.63) is 72.4 Å². The third kappa shape index (κ3) is 3.91. The van der Waals surface area contributed by atoms with E-state index in [9.17, 15) is 4.79 Å². The number of hydrazone groups is 1. The molecule has 0 saturated carbocycles. The maximum atomic E-state index is 12.9. The summed E-state index contributed by atoms with van der Waals surface area (Å²) in [6.07, 6.45) is 5.50. The Kier molecular flexibility index (Phi) is 5.38. The first-order chi connectivity index (χ1) is 13.7. The van der Waals surface area contributed by atoms with Gasteiger partial charge >= 0.3 is 0 Å². The molecule has 8 heteroatoms. The van der Waals surface area contributed by atoms with Gasteiger partial charge in [-0.2, -0.15) is 5.10 Å². The molecule has 142 valence electrons. The molecule has 1 aliphatic heterocycles. The lowest BCUT2D eigenvalue weighted by atomic mass is 10.0. The van der Waals surface area contributed by atoms with Crippen molar-refractivity contribution >= 4 is 23.4 Å². The molecule has 1 aliphatic rings. The third-order valence-electron chi connectivity index (χ3n) is 4.33. The van der Waals surface area contributed by atoms with Crippen molar-refractivity contribution < 1.29 is 13.9 Å². The molecule has 2 aromatic heterocycles. The molecule has 1 aromatic carbocycles. The zero-order valence-corrected chi connectivity index (χ0v) is 16.0. The number of ether oxygens (including phenoxy) is 1. The van der Waals surface area contributed by atoms with Crippen LogP contribution < -0.4 is 4.74 Å². The van der Waals surface area contributed by atoms with Gasteiger partial charge in [0.25, 0.3) is 5.91 Å². The quantitative estimate of drug-likeness (QED) is 0.470. The van der Waals surface area contributed by atoms with Crippen LogP contribution in [0.4, 0.5) is 0 Å². The molecule has 0 radical (unpaired) electrons. The second kappa shape index (κ2) is 8.26. The van der Waals surface area contributed by atoms with Crippen molar-refractivity contribution in [3.63, 3.8) is 0 Å². The Morgan fingerprint density at radius 1 is 1.21 bits per heavy atom. The normalized spacial score (nSPS) is 16.1. The minimum Gasteiger partial charge on any atom is -0.497 e. The lowest BCUT2D eigenvalue weighted by molar-refractivity contribution is -0.130. The first-order valence-corrected chi connectivity index (χ1v) is 9.70. The number of aromatic nitrogens is 2. The summed E-state index contributed by atoms with van der Waals surface area (Å²) in [4.78, 5) is 21.2. The van der Waals surface area contributed by atoms with Gasteiger partial charge < -0.3 is 9.15 Å². The van der Waals surface area contributed by atoms with Gasteiger partial charge in [0.1, 0.15) is 17.6 Å². The van der Waals surface area contributed by atoms with Gasteiger partial charge in [-0.05, 0) is 48.0 Å². The summed E-state index contributed by atoms with van der Waals surface area (Å²) in [5, 5.41) is 6.68. The summed E-state index contributed by atoms with van der Waals surface area (Å²) in [7, 11) is 1.63. The van der Waals surface area contributed by atoms with Crippen molar-refractivity contribution in [1.29, 1.82) is 0 Å². The number of hydrogen-bond donors (Lipinski definition) is 0. The van der Waals surface area contributed by atoms with Gasteiger partial charge in [-0.1, -0.05) is 11.8 Å². The van der Waals surface area contributed by atoms with Gasteiger partial charge in [-0.25, -0.2) is 15.0 Å². The zero-order valence-electron chi connectivity index (χ0n) is 15.2. The van der Waals surface area contributed by atoms with E-state index in [0.29, 0.717) is 17.3 Å². The first-order valence-electron chi connectivity index (χ1n) is 8.72. The lowest BCUT2D eigenvalue weighted by Gasteiger charge is -2.19. The number of nitrogens with zero attached hydrogens (tertiary/aromatic N) is 4. The largest absolute Gasteiger partial charge is 0.497 e. The molecule has 1 amide bonds. The molecule has 0 spiro atoms. The van der Waals surface area contributed by atoms with E-state index >= 15 is 0 Å². The van der Waals surface area contributed by atoms with Crippen molar-refractivity contribution in [3.8, 4) is 5.75 Å². The zero-order chi connectivity index (χ0) is 19.3. The van der Waals surface area contributed by atoms with Gasteiger partial charge in [0.15, 0.2) is 5.16 Å². The standard InChI is InChI=1S/C20H18N4O3S/c1-26-15-7-5-14(6-8-15)16-12-17(18-4-2-11-27-18)24(23-16)19(25)13-28-20-21-9-3-10-22-20/h2-11,17H,12-13H2,1H3/t17-/m0/s1. The molecule has 3 aromatic rings. The number of hydrogen-bond acceptors (Lipinski definition) is 7. The lowest BCUT2D eigenvalue weighted by Crippen LogP contribution is -2.28. The Labute approximate surface area is 166 Å². The Hall–Kier alpha value is -3.13. The Balaban J connectivity index is 1.55. The van der Waals surface area contributed by atoms with Crippen molar-refractivity contribution in [2.45, 2.75) is 17.6 Å².